The minimum Gasteiger partial charge on any atom is -0.507 e. The van der Waals surface area contributed by atoms with Crippen LogP contribution in [0.3, 0.4) is 0 Å². The van der Waals surface area contributed by atoms with Crippen molar-refractivity contribution in [1.82, 2.24) is 4.57 Å². The normalized spacial score (nSPS) is 20.6. The van der Waals surface area contributed by atoms with E-state index in [1.54, 1.807) is 0 Å². The number of carboxylic acid groups (broad SMARTS) is 1. The van der Waals surface area contributed by atoms with Gasteiger partial charge >= 0.3 is 5.97 Å². The summed E-state index contributed by atoms with van der Waals surface area (Å²) in [6.07, 6.45) is -5.47. The van der Waals surface area contributed by atoms with Crippen LogP contribution in [0, 0.1) is 17.5 Å². The first-order valence-electron chi connectivity index (χ1n) is 12.6. The smallest absolute Gasteiger partial charge is 0.335 e. The number of phenolic OH excluding ortho intramolecular Hbond substituents is 1. The van der Waals surface area contributed by atoms with E-state index >= 15 is 0 Å². The minimum atomic E-state index is -2.83. The van der Waals surface area contributed by atoms with Gasteiger partial charge in [-0.05, 0) is 48.6 Å². The van der Waals surface area contributed by atoms with Crippen molar-refractivity contribution >= 4 is 16.9 Å². The second-order valence-electron chi connectivity index (χ2n) is 7.58. The van der Waals surface area contributed by atoms with Gasteiger partial charge in [0.1, 0.15) is 11.6 Å². The highest BCUT2D eigenvalue weighted by atomic mass is 19.2. The molecule has 1 aliphatic rings. The fourth-order valence-electron chi connectivity index (χ4n) is 4.08. The summed E-state index contributed by atoms with van der Waals surface area (Å²) in [7, 11) is 0. The van der Waals surface area contributed by atoms with Crippen LogP contribution in [-0.2, 0) is 4.74 Å². The summed E-state index contributed by atoms with van der Waals surface area (Å²) in [5.74, 6) is -8.20. The number of fused-ring (bicyclic) bond motifs is 1. The third kappa shape index (κ3) is 3.70. The first-order chi connectivity index (χ1) is 18.2. The van der Waals surface area contributed by atoms with Gasteiger partial charge in [-0.3, -0.25) is 0 Å². The molecule has 1 aromatic heterocycles. The number of hydrogen-bond donors (Lipinski definition) is 2. The van der Waals surface area contributed by atoms with Gasteiger partial charge in [0, 0.05) is 55.0 Å². The van der Waals surface area contributed by atoms with Crippen LogP contribution in [-0.4, -0.2) is 34.0 Å². The summed E-state index contributed by atoms with van der Waals surface area (Å²) in [5, 5.41) is 20.1. The predicted octanol–water partition coefficient (Wildman–Crippen LogP) is 6.01. The maximum atomic E-state index is 14.7. The number of aromatic hydroxyl groups is 1. The molecule has 0 amide bonds. The zero-order valence-electron chi connectivity index (χ0n) is 22.4. The van der Waals surface area contributed by atoms with E-state index in [0.717, 1.165) is 34.9 Å². The standard InChI is InChI=1S/C26H20F3NO4/c27-17-11-21-24(22(31)12-17)23(14-1-3-16(4-2-14)26(32)33)25(15-7-9-34-10-8-15)30(21)18-5-6-19(28)20(29)13-18/h1-6,11-13,15,31H,7-10H2,(H,32,33)/i7D2,8D2,15D. The van der Waals surface area contributed by atoms with Crippen LogP contribution in [0.1, 0.15) is 41.5 Å². The summed E-state index contributed by atoms with van der Waals surface area (Å²) in [4.78, 5) is 11.4. The number of benzene rings is 3. The van der Waals surface area contributed by atoms with E-state index in [2.05, 4.69) is 0 Å². The maximum Gasteiger partial charge on any atom is 0.335 e. The molecule has 1 fully saturated rings. The highest BCUT2D eigenvalue weighted by Gasteiger charge is 2.30. The summed E-state index contributed by atoms with van der Waals surface area (Å²) in [6.45, 7) is -1.40. The van der Waals surface area contributed by atoms with Crippen LogP contribution in [0.15, 0.2) is 54.6 Å². The number of aromatic nitrogens is 1. The monoisotopic (exact) mass is 472 g/mol. The first kappa shape index (κ1) is 16.8. The molecule has 2 N–H and O–H groups in total. The summed E-state index contributed by atoms with van der Waals surface area (Å²) < 4.78 is 93.3. The number of ether oxygens (including phenoxy) is 1. The molecule has 0 atom stereocenters. The van der Waals surface area contributed by atoms with Crippen molar-refractivity contribution in [1.29, 1.82) is 0 Å². The fourth-order valence-corrected chi connectivity index (χ4v) is 4.08. The molecule has 0 bridgehead atoms. The largest absolute Gasteiger partial charge is 0.507 e. The second-order valence-corrected chi connectivity index (χ2v) is 7.58. The Morgan fingerprint density at radius 2 is 1.74 bits per heavy atom. The molecule has 174 valence electrons. The van der Waals surface area contributed by atoms with Crippen molar-refractivity contribution in [2.75, 3.05) is 13.2 Å². The lowest BCUT2D eigenvalue weighted by molar-refractivity contribution is 0.0697. The molecule has 0 aliphatic carbocycles. The van der Waals surface area contributed by atoms with E-state index < -0.39 is 66.7 Å². The van der Waals surface area contributed by atoms with Crippen molar-refractivity contribution in [2.24, 2.45) is 0 Å². The van der Waals surface area contributed by atoms with Crippen molar-refractivity contribution in [2.45, 2.75) is 18.6 Å². The fraction of sp³-hybridized carbons (Fsp3) is 0.192. The molecule has 0 saturated carbocycles. The third-order valence-corrected chi connectivity index (χ3v) is 5.53. The minimum absolute atomic E-state index is 0.114. The number of halogens is 3. The quantitative estimate of drug-likeness (QED) is 0.382. The van der Waals surface area contributed by atoms with Crippen LogP contribution in [0.2, 0.25) is 0 Å². The Labute approximate surface area is 199 Å². The molecule has 1 aliphatic heterocycles. The van der Waals surface area contributed by atoms with E-state index in [1.807, 2.05) is 0 Å². The number of rotatable bonds is 4. The van der Waals surface area contributed by atoms with E-state index in [4.69, 9.17) is 10.2 Å². The summed E-state index contributed by atoms with van der Waals surface area (Å²) >= 11 is 0. The van der Waals surface area contributed by atoms with Gasteiger partial charge in [0.15, 0.2) is 11.6 Å². The molecule has 8 heteroatoms. The van der Waals surface area contributed by atoms with Crippen molar-refractivity contribution < 1.29 is 39.8 Å². The van der Waals surface area contributed by atoms with Crippen molar-refractivity contribution in [3.05, 3.63) is 83.3 Å². The molecular formula is C26H20F3NO4. The van der Waals surface area contributed by atoms with E-state index in [1.165, 1.54) is 24.3 Å². The highest BCUT2D eigenvalue weighted by molar-refractivity contribution is 6.03. The molecule has 34 heavy (non-hydrogen) atoms. The number of nitrogens with zero attached hydrogens (tertiary/aromatic N) is 1. The maximum absolute atomic E-state index is 14.7. The van der Waals surface area contributed by atoms with Crippen molar-refractivity contribution in [3.63, 3.8) is 0 Å². The number of phenols is 1. The van der Waals surface area contributed by atoms with Gasteiger partial charge in [0.25, 0.3) is 0 Å². The van der Waals surface area contributed by atoms with Gasteiger partial charge in [0.05, 0.1) is 16.5 Å². The molecule has 0 radical (unpaired) electrons. The number of carboxylic acids is 1. The Hall–Kier alpha value is -3.78. The van der Waals surface area contributed by atoms with E-state index in [9.17, 15) is 29.5 Å². The molecule has 3 aromatic carbocycles. The van der Waals surface area contributed by atoms with Crippen LogP contribution in [0.25, 0.3) is 27.7 Å². The Bertz CT molecular complexity index is 1620. The zero-order chi connectivity index (χ0) is 28.5. The number of carbonyl (C=O) groups is 1. The molecule has 0 spiro atoms. The summed E-state index contributed by atoms with van der Waals surface area (Å²) in [6, 6.07) is 9.34. The van der Waals surface area contributed by atoms with Gasteiger partial charge in [-0.25, -0.2) is 18.0 Å². The lowest BCUT2D eigenvalue weighted by Crippen LogP contribution is -2.17. The lowest BCUT2D eigenvalue weighted by atomic mass is 9.89. The van der Waals surface area contributed by atoms with E-state index in [-0.39, 0.29) is 33.3 Å². The Morgan fingerprint density at radius 3 is 2.38 bits per heavy atom. The van der Waals surface area contributed by atoms with Gasteiger partial charge < -0.3 is 19.5 Å². The Morgan fingerprint density at radius 1 is 1.03 bits per heavy atom. The second kappa shape index (κ2) is 8.53. The van der Waals surface area contributed by atoms with Crippen molar-refractivity contribution in [3.8, 4) is 22.6 Å². The average Bonchev–Trinajstić information content (AvgIpc) is 3.19. The Balaban J connectivity index is 2.03. The first-order valence-corrected chi connectivity index (χ1v) is 10.1. The molecule has 1 saturated heterocycles. The molecule has 4 aromatic rings. The van der Waals surface area contributed by atoms with Crippen LogP contribution in [0.5, 0.6) is 5.75 Å². The average molecular weight is 472 g/mol. The van der Waals surface area contributed by atoms with E-state index in [0.29, 0.717) is 0 Å². The molecular weight excluding hydrogens is 447 g/mol. The summed E-state index contributed by atoms with van der Waals surface area (Å²) in [5.41, 5.74) is -0.919. The SMILES string of the molecule is [2H]C1([2H])COCC([2H])([2H])C1([2H])c1c(-c2ccc(C(=O)O)cc2)c2c(O)cc(F)cc2n1-c1ccc(F)c(F)c1. The Kier molecular flexibility index (Phi) is 4.21. The number of hydrogen-bond acceptors (Lipinski definition) is 3. The van der Waals surface area contributed by atoms with Gasteiger partial charge in [-0.2, -0.15) is 0 Å². The topological polar surface area (TPSA) is 71.7 Å². The lowest BCUT2D eigenvalue weighted by Gasteiger charge is -2.26. The van der Waals surface area contributed by atoms with Gasteiger partial charge in [-0.1, -0.05) is 12.1 Å². The van der Waals surface area contributed by atoms with Crippen LogP contribution < -0.4 is 0 Å². The highest BCUT2D eigenvalue weighted by Crippen LogP contribution is 2.46. The number of aromatic carboxylic acids is 1. The van der Waals surface area contributed by atoms with Crippen LogP contribution in [0.4, 0.5) is 13.2 Å². The zero-order valence-corrected chi connectivity index (χ0v) is 17.4. The van der Waals surface area contributed by atoms with Gasteiger partial charge in [0.2, 0.25) is 0 Å². The van der Waals surface area contributed by atoms with Crippen LogP contribution >= 0.6 is 0 Å². The molecule has 5 rings (SSSR count). The molecule has 5 nitrogen and oxygen atoms in total. The molecule has 0 unspecified atom stereocenters. The third-order valence-electron chi connectivity index (χ3n) is 5.53. The molecule has 2 heterocycles. The van der Waals surface area contributed by atoms with Gasteiger partial charge in [-0.15, -0.1) is 0 Å². The predicted molar refractivity (Wildman–Crippen MR) is 120 cm³/mol.